The number of halogens is 1. The highest BCUT2D eigenvalue weighted by atomic mass is 35.5. The van der Waals surface area contributed by atoms with Crippen LogP contribution in [-0.2, 0) is 10.2 Å². The van der Waals surface area contributed by atoms with Crippen LogP contribution < -0.4 is 10.2 Å². The smallest absolute Gasteiger partial charge is 0.277 e. The number of carbonyl (C=O) groups is 1. The number of carbonyl (C=O) groups excluding carboxylic acids is 1. The van der Waals surface area contributed by atoms with Crippen molar-refractivity contribution in [3.8, 4) is 5.75 Å². The summed E-state index contributed by atoms with van der Waals surface area (Å²) in [5.41, 5.74) is 4.44. The van der Waals surface area contributed by atoms with E-state index in [0.29, 0.717) is 10.8 Å². The Morgan fingerprint density at radius 2 is 1.83 bits per heavy atom. The summed E-state index contributed by atoms with van der Waals surface area (Å²) in [6.45, 7) is 6.34. The molecule has 0 spiro atoms. The Morgan fingerprint density at radius 1 is 1.17 bits per heavy atom. The van der Waals surface area contributed by atoms with Gasteiger partial charge in [0.1, 0.15) is 5.75 Å². The second-order valence-electron chi connectivity index (χ2n) is 6.38. The molecule has 0 atom stereocenters. The third-order valence-electron chi connectivity index (χ3n) is 3.39. The van der Waals surface area contributed by atoms with E-state index in [2.05, 4.69) is 31.3 Å². The maximum atomic E-state index is 11.7. The maximum absolute atomic E-state index is 11.7. The normalized spacial score (nSPS) is 11.5. The minimum Gasteiger partial charge on any atom is -0.484 e. The first-order valence-corrected chi connectivity index (χ1v) is 8.04. The fourth-order valence-corrected chi connectivity index (χ4v) is 2.17. The quantitative estimate of drug-likeness (QED) is 0.653. The fourth-order valence-electron chi connectivity index (χ4n) is 1.99. The molecular formula is C19H21ClN2O2. The molecule has 0 bridgehead atoms. The molecule has 2 aromatic carbocycles. The number of amides is 1. The molecule has 5 heteroatoms. The fraction of sp³-hybridized carbons (Fsp3) is 0.263. The van der Waals surface area contributed by atoms with Gasteiger partial charge in [0, 0.05) is 10.6 Å². The average molecular weight is 345 g/mol. The van der Waals surface area contributed by atoms with Crippen LogP contribution in [0.3, 0.4) is 0 Å². The van der Waals surface area contributed by atoms with Crippen molar-refractivity contribution < 1.29 is 9.53 Å². The molecule has 0 saturated carbocycles. The van der Waals surface area contributed by atoms with Gasteiger partial charge in [-0.05, 0) is 29.2 Å². The molecule has 0 saturated heterocycles. The minimum absolute atomic E-state index is 0.0866. The molecule has 0 heterocycles. The summed E-state index contributed by atoms with van der Waals surface area (Å²) < 4.78 is 5.45. The van der Waals surface area contributed by atoms with Crippen LogP contribution >= 0.6 is 11.6 Å². The maximum Gasteiger partial charge on any atom is 0.277 e. The van der Waals surface area contributed by atoms with Gasteiger partial charge in [-0.25, -0.2) is 5.43 Å². The molecular weight excluding hydrogens is 324 g/mol. The molecule has 2 aromatic rings. The first-order valence-electron chi connectivity index (χ1n) is 7.66. The van der Waals surface area contributed by atoms with Gasteiger partial charge in [0.2, 0.25) is 0 Å². The van der Waals surface area contributed by atoms with E-state index in [-0.39, 0.29) is 17.9 Å². The van der Waals surface area contributed by atoms with Crippen LogP contribution in [-0.4, -0.2) is 18.7 Å². The Kier molecular flexibility index (Phi) is 5.99. The highest BCUT2D eigenvalue weighted by Crippen LogP contribution is 2.24. The molecule has 4 nitrogen and oxygen atoms in total. The molecule has 0 fully saturated rings. The molecule has 1 N–H and O–H groups in total. The molecule has 1 amide bonds. The van der Waals surface area contributed by atoms with Crippen LogP contribution in [0.15, 0.2) is 53.6 Å². The van der Waals surface area contributed by atoms with Crippen molar-refractivity contribution in [3.05, 3.63) is 64.7 Å². The summed E-state index contributed by atoms with van der Waals surface area (Å²) in [6.07, 6.45) is 1.50. The van der Waals surface area contributed by atoms with Gasteiger partial charge in [-0.15, -0.1) is 0 Å². The van der Waals surface area contributed by atoms with Crippen LogP contribution in [0.5, 0.6) is 5.75 Å². The van der Waals surface area contributed by atoms with Gasteiger partial charge in [0.05, 0.1) is 6.21 Å². The Hall–Kier alpha value is -2.33. The van der Waals surface area contributed by atoms with Gasteiger partial charge in [0.25, 0.3) is 5.91 Å². The molecule has 0 radical (unpaired) electrons. The molecule has 126 valence electrons. The summed E-state index contributed by atoms with van der Waals surface area (Å²) in [7, 11) is 0. The Bertz CT molecular complexity index is 719. The SMILES string of the molecule is CC(C)(C)c1ccc(OCC(=O)N/N=C/c2ccccc2Cl)cc1. The average Bonchev–Trinajstić information content (AvgIpc) is 2.54. The van der Waals surface area contributed by atoms with Crippen molar-refractivity contribution in [2.45, 2.75) is 26.2 Å². The number of benzene rings is 2. The first-order chi connectivity index (χ1) is 11.4. The van der Waals surface area contributed by atoms with Gasteiger partial charge < -0.3 is 4.74 Å². The first kappa shape index (κ1) is 18.0. The molecule has 0 aliphatic rings. The van der Waals surface area contributed by atoms with Gasteiger partial charge in [0.15, 0.2) is 6.61 Å². The van der Waals surface area contributed by atoms with Gasteiger partial charge in [-0.2, -0.15) is 5.10 Å². The predicted octanol–water partition coefficient (Wildman–Crippen LogP) is 4.17. The molecule has 0 aliphatic heterocycles. The van der Waals surface area contributed by atoms with E-state index in [1.807, 2.05) is 42.5 Å². The third kappa shape index (κ3) is 5.39. The number of hydrogen-bond donors (Lipinski definition) is 1. The van der Waals surface area contributed by atoms with E-state index in [4.69, 9.17) is 16.3 Å². The van der Waals surface area contributed by atoms with Crippen LogP contribution in [0, 0.1) is 0 Å². The highest BCUT2D eigenvalue weighted by Gasteiger charge is 2.13. The number of rotatable bonds is 5. The van der Waals surface area contributed by atoms with Gasteiger partial charge in [-0.3, -0.25) is 4.79 Å². The van der Waals surface area contributed by atoms with E-state index in [1.54, 1.807) is 6.07 Å². The summed E-state index contributed by atoms with van der Waals surface area (Å²) >= 11 is 6.00. The largest absolute Gasteiger partial charge is 0.484 e. The van der Waals surface area contributed by atoms with Crippen molar-refractivity contribution in [1.82, 2.24) is 5.43 Å². The molecule has 2 rings (SSSR count). The summed E-state index contributed by atoms with van der Waals surface area (Å²) in [5, 5.41) is 4.45. The summed E-state index contributed by atoms with van der Waals surface area (Å²) in [6, 6.07) is 15.0. The molecule has 0 unspecified atom stereocenters. The Morgan fingerprint density at radius 3 is 2.46 bits per heavy atom. The lowest BCUT2D eigenvalue weighted by Gasteiger charge is -2.19. The lowest BCUT2D eigenvalue weighted by atomic mass is 9.87. The van der Waals surface area contributed by atoms with Crippen molar-refractivity contribution in [3.63, 3.8) is 0 Å². The van der Waals surface area contributed by atoms with Crippen LogP contribution in [0.2, 0.25) is 5.02 Å². The standard InChI is InChI=1S/C19H21ClN2O2/c1-19(2,3)15-8-10-16(11-9-15)24-13-18(23)22-21-12-14-6-4-5-7-17(14)20/h4-12H,13H2,1-3H3,(H,22,23)/b21-12+. The monoisotopic (exact) mass is 344 g/mol. The number of hydrazone groups is 1. The second-order valence-corrected chi connectivity index (χ2v) is 6.78. The van der Waals surface area contributed by atoms with E-state index < -0.39 is 0 Å². The van der Waals surface area contributed by atoms with Crippen molar-refractivity contribution >= 4 is 23.7 Å². The van der Waals surface area contributed by atoms with Crippen molar-refractivity contribution in [2.75, 3.05) is 6.61 Å². The zero-order valence-electron chi connectivity index (χ0n) is 14.0. The minimum atomic E-state index is -0.335. The number of nitrogens with zero attached hydrogens (tertiary/aromatic N) is 1. The summed E-state index contributed by atoms with van der Waals surface area (Å²) in [5.74, 6) is 0.312. The van der Waals surface area contributed by atoms with E-state index in [0.717, 1.165) is 5.56 Å². The van der Waals surface area contributed by atoms with E-state index in [1.165, 1.54) is 11.8 Å². The zero-order valence-corrected chi connectivity index (χ0v) is 14.8. The topological polar surface area (TPSA) is 50.7 Å². The number of hydrogen-bond acceptors (Lipinski definition) is 3. The van der Waals surface area contributed by atoms with E-state index in [9.17, 15) is 4.79 Å². The lowest BCUT2D eigenvalue weighted by molar-refractivity contribution is -0.123. The van der Waals surface area contributed by atoms with Crippen molar-refractivity contribution in [2.24, 2.45) is 5.10 Å². The summed E-state index contributed by atoms with van der Waals surface area (Å²) in [4.78, 5) is 11.7. The Balaban J connectivity index is 1.82. The van der Waals surface area contributed by atoms with E-state index >= 15 is 0 Å². The number of nitrogens with one attached hydrogen (secondary N) is 1. The van der Waals surface area contributed by atoms with Crippen LogP contribution in [0.25, 0.3) is 0 Å². The van der Waals surface area contributed by atoms with Gasteiger partial charge in [-0.1, -0.05) is 62.7 Å². The molecule has 24 heavy (non-hydrogen) atoms. The van der Waals surface area contributed by atoms with Crippen LogP contribution in [0.1, 0.15) is 31.9 Å². The highest BCUT2D eigenvalue weighted by molar-refractivity contribution is 6.33. The second kappa shape index (κ2) is 7.97. The predicted molar refractivity (Wildman–Crippen MR) is 97.8 cm³/mol. The number of ether oxygens (including phenoxy) is 1. The van der Waals surface area contributed by atoms with Crippen LogP contribution in [0.4, 0.5) is 0 Å². The van der Waals surface area contributed by atoms with Gasteiger partial charge >= 0.3 is 0 Å². The zero-order chi connectivity index (χ0) is 17.6. The Labute approximate surface area is 147 Å². The third-order valence-corrected chi connectivity index (χ3v) is 3.73. The molecule has 0 aromatic heterocycles. The van der Waals surface area contributed by atoms with Crippen molar-refractivity contribution in [1.29, 1.82) is 0 Å². The molecule has 0 aliphatic carbocycles. The lowest BCUT2D eigenvalue weighted by Crippen LogP contribution is -2.24.